The van der Waals surface area contributed by atoms with E-state index in [2.05, 4.69) is 4.74 Å². The molecule has 0 radical (unpaired) electrons. The highest BCUT2D eigenvalue weighted by atomic mass is 16.5. The highest BCUT2D eigenvalue weighted by Crippen LogP contribution is 2.44. The van der Waals surface area contributed by atoms with Crippen molar-refractivity contribution in [2.75, 3.05) is 33.4 Å². The molecule has 3 rings (SSSR count). The first-order valence-corrected chi connectivity index (χ1v) is 6.54. The summed E-state index contributed by atoms with van der Waals surface area (Å²) < 4.78 is 9.75. The highest BCUT2D eigenvalue weighted by molar-refractivity contribution is 6.06. The minimum absolute atomic E-state index is 0.0809. The van der Waals surface area contributed by atoms with Crippen molar-refractivity contribution in [1.29, 1.82) is 0 Å². The second kappa shape index (κ2) is 5.28. The number of piperidine rings is 3. The van der Waals surface area contributed by atoms with Gasteiger partial charge in [0.2, 0.25) is 0 Å². The summed E-state index contributed by atoms with van der Waals surface area (Å²) in [4.78, 5) is 38.0. The van der Waals surface area contributed by atoms with Crippen molar-refractivity contribution in [3.63, 3.8) is 0 Å². The summed E-state index contributed by atoms with van der Waals surface area (Å²) in [6, 6.07) is 0. The fourth-order valence-electron chi connectivity index (χ4n) is 3.12. The van der Waals surface area contributed by atoms with Gasteiger partial charge in [0.15, 0.2) is 5.78 Å². The van der Waals surface area contributed by atoms with Crippen molar-refractivity contribution >= 4 is 17.7 Å². The van der Waals surface area contributed by atoms with Crippen molar-refractivity contribution in [2.45, 2.75) is 19.8 Å². The molecule has 6 heteroatoms. The number of carbonyl (C=O) groups excluding carboxylic acids is 3. The van der Waals surface area contributed by atoms with Gasteiger partial charge >= 0.3 is 11.9 Å². The van der Waals surface area contributed by atoms with E-state index in [4.69, 9.17) is 4.74 Å². The molecule has 3 aliphatic heterocycles. The van der Waals surface area contributed by atoms with Crippen LogP contribution < -0.4 is 0 Å². The fourth-order valence-corrected chi connectivity index (χ4v) is 3.12. The van der Waals surface area contributed by atoms with Crippen molar-refractivity contribution in [2.24, 2.45) is 11.3 Å². The number of carbonyl (C=O) groups is 3. The zero-order valence-corrected chi connectivity index (χ0v) is 11.3. The Bertz CT molecular complexity index is 408. The molecule has 19 heavy (non-hydrogen) atoms. The molecular formula is C13H19NO5. The maximum Gasteiger partial charge on any atom is 0.320 e. The summed E-state index contributed by atoms with van der Waals surface area (Å²) in [6.45, 7) is 3.49. The van der Waals surface area contributed by atoms with Crippen LogP contribution in [0, 0.1) is 11.3 Å². The van der Waals surface area contributed by atoms with Crippen LogP contribution >= 0.6 is 0 Å². The van der Waals surface area contributed by atoms with Crippen molar-refractivity contribution in [3.8, 4) is 0 Å². The quantitative estimate of drug-likeness (QED) is 0.528. The highest BCUT2D eigenvalue weighted by Gasteiger charge is 2.59. The average molecular weight is 269 g/mol. The minimum Gasteiger partial charge on any atom is -0.469 e. The lowest BCUT2D eigenvalue weighted by molar-refractivity contribution is -0.177. The predicted octanol–water partition coefficient (Wildman–Crippen LogP) is 0.00360. The van der Waals surface area contributed by atoms with Crippen LogP contribution in [0.25, 0.3) is 0 Å². The third-order valence-electron chi connectivity index (χ3n) is 4.14. The first-order chi connectivity index (χ1) is 9.04. The van der Waals surface area contributed by atoms with Crippen LogP contribution in [0.2, 0.25) is 0 Å². The number of ketones is 1. The normalized spacial score (nSPS) is 33.1. The van der Waals surface area contributed by atoms with Crippen LogP contribution in [0.3, 0.4) is 0 Å². The van der Waals surface area contributed by atoms with Crippen LogP contribution in [0.1, 0.15) is 19.8 Å². The summed E-state index contributed by atoms with van der Waals surface area (Å²) in [5.74, 6) is -1.34. The van der Waals surface area contributed by atoms with Gasteiger partial charge < -0.3 is 9.47 Å². The number of rotatable bonds is 4. The Hall–Kier alpha value is -1.43. The number of hydrogen-bond donors (Lipinski definition) is 0. The maximum atomic E-state index is 12.3. The van der Waals surface area contributed by atoms with Crippen molar-refractivity contribution < 1.29 is 23.9 Å². The molecule has 0 aromatic heterocycles. The number of Topliss-reactive ketones (excluding diaryl/α,β-unsaturated/α-hetero) is 1. The summed E-state index contributed by atoms with van der Waals surface area (Å²) in [5.41, 5.74) is -1.14. The van der Waals surface area contributed by atoms with Gasteiger partial charge in [-0.3, -0.25) is 19.3 Å². The lowest BCUT2D eigenvalue weighted by Gasteiger charge is -2.50. The van der Waals surface area contributed by atoms with E-state index in [-0.39, 0.29) is 31.3 Å². The van der Waals surface area contributed by atoms with Crippen LogP contribution in [-0.2, 0) is 23.9 Å². The summed E-state index contributed by atoms with van der Waals surface area (Å²) in [7, 11) is 1.31. The summed E-state index contributed by atoms with van der Waals surface area (Å²) >= 11 is 0. The number of ether oxygens (including phenoxy) is 2. The first kappa shape index (κ1) is 14.0. The molecule has 0 saturated carbocycles. The van der Waals surface area contributed by atoms with Crippen molar-refractivity contribution in [3.05, 3.63) is 0 Å². The minimum atomic E-state index is -1.14. The van der Waals surface area contributed by atoms with E-state index < -0.39 is 17.4 Å². The number of esters is 2. The molecule has 3 aliphatic rings. The molecule has 0 spiro atoms. The van der Waals surface area contributed by atoms with E-state index in [1.54, 1.807) is 6.92 Å². The standard InChI is InChI=1S/C13H19NO5/c1-3-19-12(17)13-4-5-14(8-10(13)15)7-9(13)6-11(16)18-2/h9H,3-8H2,1-2H3/t9-,13-/m0/s1. The Labute approximate surface area is 112 Å². The van der Waals surface area contributed by atoms with Gasteiger partial charge in [-0.25, -0.2) is 0 Å². The largest absolute Gasteiger partial charge is 0.469 e. The molecule has 0 aliphatic carbocycles. The van der Waals surface area contributed by atoms with Gasteiger partial charge in [-0.2, -0.15) is 0 Å². The van der Waals surface area contributed by atoms with Gasteiger partial charge in [-0.05, 0) is 13.3 Å². The van der Waals surface area contributed by atoms with Gasteiger partial charge in [-0.15, -0.1) is 0 Å². The second-order valence-electron chi connectivity index (χ2n) is 5.08. The van der Waals surface area contributed by atoms with Crippen molar-refractivity contribution in [1.82, 2.24) is 4.90 Å². The fraction of sp³-hybridized carbons (Fsp3) is 0.769. The molecule has 3 atom stereocenters. The molecule has 3 fully saturated rings. The second-order valence-corrected chi connectivity index (χ2v) is 5.08. The van der Waals surface area contributed by atoms with E-state index in [0.29, 0.717) is 19.5 Å². The van der Waals surface area contributed by atoms with Gasteiger partial charge in [0.05, 0.1) is 26.7 Å². The third-order valence-corrected chi connectivity index (χ3v) is 4.14. The van der Waals surface area contributed by atoms with Gasteiger partial charge in [0, 0.05) is 19.0 Å². The monoisotopic (exact) mass is 269 g/mol. The number of hydrogen-bond acceptors (Lipinski definition) is 6. The SMILES string of the molecule is CCOC(=O)[C@]12CCN(CC1=O)C[C@@H]2CC(=O)OC. The average Bonchev–Trinajstić information content (AvgIpc) is 2.39. The van der Waals surface area contributed by atoms with E-state index in [0.717, 1.165) is 0 Å². The predicted molar refractivity (Wildman–Crippen MR) is 65.3 cm³/mol. The smallest absolute Gasteiger partial charge is 0.320 e. The molecule has 3 saturated heterocycles. The summed E-state index contributed by atoms with van der Waals surface area (Å²) in [5, 5.41) is 0. The lowest BCUT2D eigenvalue weighted by Crippen LogP contribution is -2.64. The van der Waals surface area contributed by atoms with Gasteiger partial charge in [-0.1, -0.05) is 0 Å². The summed E-state index contributed by atoms with van der Waals surface area (Å²) in [6.07, 6.45) is 0.518. The molecule has 0 aromatic carbocycles. The first-order valence-electron chi connectivity index (χ1n) is 6.54. The molecule has 3 heterocycles. The molecular weight excluding hydrogens is 250 g/mol. The Morgan fingerprint density at radius 3 is 2.79 bits per heavy atom. The number of methoxy groups -OCH3 is 1. The topological polar surface area (TPSA) is 72.9 Å². The molecule has 0 aromatic rings. The van der Waals surface area contributed by atoms with E-state index >= 15 is 0 Å². The molecule has 6 nitrogen and oxygen atoms in total. The van der Waals surface area contributed by atoms with Crippen LogP contribution in [0.4, 0.5) is 0 Å². The van der Waals surface area contributed by atoms with Crippen LogP contribution in [-0.4, -0.2) is 56.0 Å². The number of nitrogens with zero attached hydrogens (tertiary/aromatic N) is 1. The Kier molecular flexibility index (Phi) is 3.89. The Morgan fingerprint density at radius 2 is 2.21 bits per heavy atom. The van der Waals surface area contributed by atoms with Crippen LogP contribution in [0.15, 0.2) is 0 Å². The van der Waals surface area contributed by atoms with Gasteiger partial charge in [0.1, 0.15) is 5.41 Å². The molecule has 1 unspecified atom stereocenters. The van der Waals surface area contributed by atoms with Crippen LogP contribution in [0.5, 0.6) is 0 Å². The number of fused-ring (bicyclic) bond motifs is 3. The lowest BCUT2D eigenvalue weighted by atomic mass is 9.63. The molecule has 106 valence electrons. The maximum absolute atomic E-state index is 12.3. The Morgan fingerprint density at radius 1 is 1.47 bits per heavy atom. The zero-order valence-electron chi connectivity index (χ0n) is 11.3. The molecule has 0 N–H and O–H groups in total. The van der Waals surface area contributed by atoms with E-state index in [9.17, 15) is 14.4 Å². The van der Waals surface area contributed by atoms with E-state index in [1.165, 1.54) is 7.11 Å². The zero-order chi connectivity index (χ0) is 14.0. The molecule has 2 bridgehead atoms. The third kappa shape index (κ3) is 2.25. The van der Waals surface area contributed by atoms with Gasteiger partial charge in [0.25, 0.3) is 0 Å². The Balaban J connectivity index is 2.27. The molecule has 0 amide bonds. The van der Waals surface area contributed by atoms with E-state index in [1.807, 2.05) is 4.90 Å².